The number of benzene rings is 3. The van der Waals surface area contributed by atoms with Gasteiger partial charge in [0.15, 0.2) is 0 Å². The van der Waals surface area contributed by atoms with Crippen LogP contribution < -0.4 is 20.1 Å². The zero-order valence-corrected chi connectivity index (χ0v) is 18.1. The zero-order chi connectivity index (χ0) is 21.3. The second-order valence-corrected chi connectivity index (χ2v) is 7.41. The Hall–Kier alpha value is -2.60. The van der Waals surface area contributed by atoms with Crippen LogP contribution in [0.4, 0.5) is 11.4 Å². The van der Waals surface area contributed by atoms with E-state index in [1.165, 1.54) is 12.1 Å². The van der Waals surface area contributed by atoms with Gasteiger partial charge >= 0.3 is 0 Å². The smallest absolute Gasteiger partial charge is 0.243 e. The molecule has 0 aliphatic rings. The van der Waals surface area contributed by atoms with Crippen LogP contribution in [0.5, 0.6) is 11.5 Å². The highest BCUT2D eigenvalue weighted by atomic mass is 35.5. The van der Waals surface area contributed by atoms with Crippen LogP contribution in [0.3, 0.4) is 0 Å². The molecule has 3 rings (SSSR count). The summed E-state index contributed by atoms with van der Waals surface area (Å²) in [7, 11) is 0. The fourth-order valence-electron chi connectivity index (χ4n) is 2.53. The maximum atomic E-state index is 12.2. The van der Waals surface area contributed by atoms with Gasteiger partial charge in [-0.3, -0.25) is 4.79 Å². The summed E-state index contributed by atoms with van der Waals surface area (Å²) in [5.41, 5.74) is 1.14. The molecular formula is C22H19Cl3N2O3. The van der Waals surface area contributed by atoms with Crippen molar-refractivity contribution in [2.24, 2.45) is 0 Å². The number of nitrogens with one attached hydrogen (secondary N) is 2. The lowest BCUT2D eigenvalue weighted by Crippen LogP contribution is -2.22. The summed E-state index contributed by atoms with van der Waals surface area (Å²) in [5.74, 6) is 1.19. The number of anilines is 2. The largest absolute Gasteiger partial charge is 0.490 e. The first-order chi connectivity index (χ1) is 14.5. The predicted molar refractivity (Wildman–Crippen MR) is 122 cm³/mol. The maximum Gasteiger partial charge on any atom is 0.243 e. The third-order valence-corrected chi connectivity index (χ3v) is 4.97. The quantitative estimate of drug-likeness (QED) is 0.294. The van der Waals surface area contributed by atoms with Gasteiger partial charge in [-0.25, -0.2) is 0 Å². The van der Waals surface area contributed by atoms with Gasteiger partial charge in [0.05, 0.1) is 27.3 Å². The Morgan fingerprint density at radius 2 is 1.43 bits per heavy atom. The van der Waals surface area contributed by atoms with E-state index in [1.807, 2.05) is 54.6 Å². The van der Waals surface area contributed by atoms with Crippen molar-refractivity contribution in [3.8, 4) is 11.5 Å². The number of hydrogen-bond acceptors (Lipinski definition) is 4. The molecule has 0 spiro atoms. The number of amides is 1. The monoisotopic (exact) mass is 464 g/mol. The van der Waals surface area contributed by atoms with Crippen LogP contribution in [-0.4, -0.2) is 25.7 Å². The second-order valence-electron chi connectivity index (χ2n) is 6.19. The third-order valence-electron chi connectivity index (χ3n) is 3.94. The molecular weight excluding hydrogens is 447 g/mol. The number of carbonyl (C=O) groups is 1. The standard InChI is InChI=1S/C22H19Cl3N2O3/c23-18-12-20(25)21(13-19(18)24)27-22(28)14-26-15-5-4-8-17(11-15)30-10-9-29-16-6-2-1-3-7-16/h1-8,11-13,26H,9-10,14H2,(H,27,28). The van der Waals surface area contributed by atoms with Crippen molar-refractivity contribution in [1.82, 2.24) is 0 Å². The van der Waals surface area contributed by atoms with E-state index in [0.717, 1.165) is 11.4 Å². The van der Waals surface area contributed by atoms with Crippen LogP contribution in [0.2, 0.25) is 15.1 Å². The highest BCUT2D eigenvalue weighted by Crippen LogP contribution is 2.32. The van der Waals surface area contributed by atoms with Crippen LogP contribution in [0.1, 0.15) is 0 Å². The van der Waals surface area contributed by atoms with Gasteiger partial charge in [-0.1, -0.05) is 59.1 Å². The molecule has 0 atom stereocenters. The summed E-state index contributed by atoms with van der Waals surface area (Å²) in [5, 5.41) is 6.68. The molecule has 0 bridgehead atoms. The molecule has 5 nitrogen and oxygen atoms in total. The average molecular weight is 466 g/mol. The Kier molecular flexibility index (Phi) is 8.08. The fraction of sp³-hybridized carbons (Fsp3) is 0.136. The topological polar surface area (TPSA) is 59.6 Å². The second kappa shape index (κ2) is 11.0. The molecule has 0 saturated carbocycles. The molecule has 0 radical (unpaired) electrons. The molecule has 3 aromatic carbocycles. The first kappa shape index (κ1) is 22.1. The van der Waals surface area contributed by atoms with Gasteiger partial charge in [0, 0.05) is 11.8 Å². The zero-order valence-electron chi connectivity index (χ0n) is 15.8. The van der Waals surface area contributed by atoms with Gasteiger partial charge < -0.3 is 20.1 Å². The van der Waals surface area contributed by atoms with Gasteiger partial charge in [0.1, 0.15) is 24.7 Å². The Labute approximate surface area is 189 Å². The molecule has 0 heterocycles. The van der Waals surface area contributed by atoms with Crippen LogP contribution >= 0.6 is 34.8 Å². The van der Waals surface area contributed by atoms with E-state index in [-0.39, 0.29) is 12.5 Å². The van der Waals surface area contributed by atoms with Gasteiger partial charge in [-0.2, -0.15) is 0 Å². The summed E-state index contributed by atoms with van der Waals surface area (Å²) in [6, 6.07) is 19.9. The maximum absolute atomic E-state index is 12.2. The van der Waals surface area contributed by atoms with Gasteiger partial charge in [-0.15, -0.1) is 0 Å². The normalized spacial score (nSPS) is 10.4. The molecule has 30 heavy (non-hydrogen) atoms. The highest BCUT2D eigenvalue weighted by Gasteiger charge is 2.09. The highest BCUT2D eigenvalue weighted by molar-refractivity contribution is 6.44. The van der Waals surface area contributed by atoms with Crippen molar-refractivity contribution in [3.05, 3.63) is 81.8 Å². The van der Waals surface area contributed by atoms with Crippen molar-refractivity contribution in [3.63, 3.8) is 0 Å². The molecule has 1 amide bonds. The van der Waals surface area contributed by atoms with Crippen LogP contribution in [0.25, 0.3) is 0 Å². The average Bonchev–Trinajstić information content (AvgIpc) is 2.75. The van der Waals surface area contributed by atoms with E-state index in [4.69, 9.17) is 44.3 Å². The molecule has 0 saturated heterocycles. The number of hydrogen-bond donors (Lipinski definition) is 2. The Bertz CT molecular complexity index is 1000. The molecule has 156 valence electrons. The first-order valence-electron chi connectivity index (χ1n) is 9.10. The molecule has 0 aliphatic heterocycles. The summed E-state index contributed by atoms with van der Waals surface area (Å²) in [6.07, 6.45) is 0. The molecule has 8 heteroatoms. The molecule has 0 unspecified atom stereocenters. The van der Waals surface area contributed by atoms with E-state index < -0.39 is 0 Å². The minimum Gasteiger partial charge on any atom is -0.490 e. The van der Waals surface area contributed by atoms with E-state index in [1.54, 1.807) is 0 Å². The molecule has 0 aliphatic carbocycles. The van der Waals surface area contributed by atoms with E-state index in [0.29, 0.717) is 39.7 Å². The first-order valence-corrected chi connectivity index (χ1v) is 10.2. The number of halogens is 3. The van der Waals surface area contributed by atoms with Crippen molar-refractivity contribution in [2.45, 2.75) is 0 Å². The summed E-state index contributed by atoms with van der Waals surface area (Å²) in [4.78, 5) is 12.2. The SMILES string of the molecule is O=C(CNc1cccc(OCCOc2ccccc2)c1)Nc1cc(Cl)c(Cl)cc1Cl. The minimum atomic E-state index is -0.280. The van der Waals surface area contributed by atoms with E-state index in [9.17, 15) is 4.79 Å². The molecule has 0 aromatic heterocycles. The van der Waals surface area contributed by atoms with E-state index in [2.05, 4.69) is 10.6 Å². The summed E-state index contributed by atoms with van der Waals surface area (Å²) < 4.78 is 11.3. The Balaban J connectivity index is 1.45. The lowest BCUT2D eigenvalue weighted by molar-refractivity contribution is -0.114. The van der Waals surface area contributed by atoms with Crippen LogP contribution in [0, 0.1) is 0 Å². The number of para-hydroxylation sites is 1. The number of rotatable bonds is 9. The number of ether oxygens (including phenoxy) is 2. The van der Waals surface area contributed by atoms with Crippen LogP contribution in [-0.2, 0) is 4.79 Å². The minimum absolute atomic E-state index is 0.0388. The molecule has 3 aromatic rings. The van der Waals surface area contributed by atoms with Crippen molar-refractivity contribution < 1.29 is 14.3 Å². The molecule has 2 N–H and O–H groups in total. The van der Waals surface area contributed by atoms with Gasteiger partial charge in [-0.05, 0) is 36.4 Å². The predicted octanol–water partition coefficient (Wildman–Crippen LogP) is 6.16. The van der Waals surface area contributed by atoms with Crippen LogP contribution in [0.15, 0.2) is 66.7 Å². The van der Waals surface area contributed by atoms with Gasteiger partial charge in [0.25, 0.3) is 0 Å². The molecule has 0 fully saturated rings. The Morgan fingerprint density at radius 1 is 0.767 bits per heavy atom. The summed E-state index contributed by atoms with van der Waals surface area (Å²) >= 11 is 17.9. The van der Waals surface area contributed by atoms with Crippen molar-refractivity contribution in [2.75, 3.05) is 30.4 Å². The Morgan fingerprint density at radius 3 is 2.20 bits per heavy atom. The third kappa shape index (κ3) is 6.73. The number of carbonyl (C=O) groups excluding carboxylic acids is 1. The lowest BCUT2D eigenvalue weighted by Gasteiger charge is -2.12. The fourth-order valence-corrected chi connectivity index (χ4v) is 3.12. The van der Waals surface area contributed by atoms with E-state index >= 15 is 0 Å². The lowest BCUT2D eigenvalue weighted by atomic mass is 10.3. The summed E-state index contributed by atoms with van der Waals surface area (Å²) in [6.45, 7) is 0.861. The van der Waals surface area contributed by atoms with Crippen molar-refractivity contribution in [1.29, 1.82) is 0 Å². The van der Waals surface area contributed by atoms with Gasteiger partial charge in [0.2, 0.25) is 5.91 Å². The van der Waals surface area contributed by atoms with Crippen molar-refractivity contribution >= 4 is 52.1 Å².